The molecule has 1 aromatic carbocycles. The van der Waals surface area contributed by atoms with Crippen molar-refractivity contribution in [3.05, 3.63) is 28.0 Å². The predicted molar refractivity (Wildman–Crippen MR) is 75.6 cm³/mol. The van der Waals surface area contributed by atoms with Gasteiger partial charge >= 0.3 is 6.92 Å². The van der Waals surface area contributed by atoms with Gasteiger partial charge in [-0.15, -0.1) is 0 Å². The fraction of sp³-hybridized carbons (Fsp3) is 0.538. The van der Waals surface area contributed by atoms with Gasteiger partial charge in [-0.05, 0) is 37.1 Å². The van der Waals surface area contributed by atoms with Crippen LogP contribution >= 0.6 is 23.2 Å². The monoisotopic (exact) mass is 288 g/mol. The third kappa shape index (κ3) is 2.17. The summed E-state index contributed by atoms with van der Waals surface area (Å²) in [5.41, 5.74) is 0.547. The molecule has 0 aromatic heterocycles. The first kappa shape index (κ1) is 14.2. The lowest BCUT2D eigenvalue weighted by molar-refractivity contribution is 0.0375. The minimum atomic E-state index is -0.498. The Morgan fingerprint density at radius 3 is 2.28 bits per heavy atom. The zero-order valence-electron chi connectivity index (χ0n) is 11.0. The molecule has 1 aliphatic heterocycles. The highest BCUT2D eigenvalue weighted by molar-refractivity contribution is 6.71. The summed E-state index contributed by atoms with van der Waals surface area (Å²) in [6.07, 6.45) is 0.835. The van der Waals surface area contributed by atoms with Crippen LogP contribution in [0.15, 0.2) is 12.1 Å². The lowest BCUT2D eigenvalue weighted by atomic mass is 9.54. The Kier molecular flexibility index (Phi) is 3.46. The Hall–Kier alpha value is -0.245. The van der Waals surface area contributed by atoms with Crippen LogP contribution in [0.3, 0.4) is 0 Å². The van der Waals surface area contributed by atoms with Crippen LogP contribution < -0.4 is 5.46 Å². The van der Waals surface area contributed by atoms with E-state index in [0.29, 0.717) is 0 Å². The van der Waals surface area contributed by atoms with E-state index in [9.17, 15) is 4.39 Å². The summed E-state index contributed by atoms with van der Waals surface area (Å²) in [5.74, 6) is -0.498. The fourth-order valence-corrected chi connectivity index (χ4v) is 2.68. The van der Waals surface area contributed by atoms with Crippen molar-refractivity contribution in [1.29, 1.82) is 0 Å². The minimum Gasteiger partial charge on any atom is -0.425 e. The van der Waals surface area contributed by atoms with Crippen LogP contribution in [0.4, 0.5) is 4.39 Å². The molecule has 0 spiro atoms. The van der Waals surface area contributed by atoms with E-state index < -0.39 is 5.82 Å². The molecule has 5 heteroatoms. The van der Waals surface area contributed by atoms with Crippen molar-refractivity contribution >= 4 is 35.6 Å². The Balaban J connectivity index is 2.39. The Bertz CT molecular complexity index is 472. The van der Waals surface area contributed by atoms with Gasteiger partial charge in [-0.2, -0.15) is 0 Å². The summed E-state index contributed by atoms with van der Waals surface area (Å²) in [6, 6.07) is 3.00. The molecule has 98 valence electrons. The average Bonchev–Trinajstić information content (AvgIpc) is 2.45. The third-order valence-electron chi connectivity index (χ3n) is 4.17. The van der Waals surface area contributed by atoms with Gasteiger partial charge in [0.05, 0.1) is 15.6 Å². The number of hydrogen-bond acceptors (Lipinski definition) is 1. The Morgan fingerprint density at radius 2 is 1.78 bits per heavy atom. The van der Waals surface area contributed by atoms with Crippen molar-refractivity contribution < 1.29 is 9.04 Å². The first-order valence-electron chi connectivity index (χ1n) is 5.97. The predicted octanol–water partition coefficient (Wildman–Crippen LogP) is 4.17. The van der Waals surface area contributed by atoms with E-state index in [0.717, 1.165) is 11.8 Å². The van der Waals surface area contributed by atoms with E-state index in [1.54, 1.807) is 6.07 Å². The highest BCUT2D eigenvalue weighted by Crippen LogP contribution is 2.45. The average molecular weight is 289 g/mol. The summed E-state index contributed by atoms with van der Waals surface area (Å²) < 4.78 is 19.4. The van der Waals surface area contributed by atoms with Crippen LogP contribution in [-0.2, 0) is 4.65 Å². The first-order chi connectivity index (χ1) is 8.16. The van der Waals surface area contributed by atoms with Gasteiger partial charge in [-0.25, -0.2) is 4.39 Å². The molecular weight excluding hydrogens is 273 g/mol. The van der Waals surface area contributed by atoms with E-state index in [2.05, 4.69) is 27.7 Å². The van der Waals surface area contributed by atoms with Gasteiger partial charge in [0.25, 0.3) is 0 Å². The molecule has 0 radical (unpaired) electrons. The van der Waals surface area contributed by atoms with Gasteiger partial charge in [-0.3, -0.25) is 0 Å². The molecule has 0 saturated carbocycles. The van der Waals surface area contributed by atoms with Gasteiger partial charge in [0.1, 0.15) is 5.82 Å². The zero-order valence-corrected chi connectivity index (χ0v) is 12.5. The third-order valence-corrected chi connectivity index (χ3v) is 5.05. The minimum absolute atomic E-state index is 0.0275. The van der Waals surface area contributed by atoms with E-state index in [4.69, 9.17) is 27.9 Å². The molecule has 0 bridgehead atoms. The van der Waals surface area contributed by atoms with Crippen LogP contribution in [-0.4, -0.2) is 12.5 Å². The smallest absolute Gasteiger partial charge is 0.329 e. The van der Waals surface area contributed by atoms with Crippen LogP contribution in [0.5, 0.6) is 0 Å². The number of rotatable bonds is 1. The molecule has 18 heavy (non-hydrogen) atoms. The van der Waals surface area contributed by atoms with Crippen LogP contribution in [0.1, 0.15) is 27.7 Å². The van der Waals surface area contributed by atoms with Gasteiger partial charge in [-0.1, -0.05) is 43.1 Å². The molecule has 0 N–H and O–H groups in total. The normalized spacial score (nSPS) is 21.4. The summed E-state index contributed by atoms with van der Waals surface area (Å²) in [7, 11) is 0. The van der Waals surface area contributed by atoms with Crippen molar-refractivity contribution in [3.63, 3.8) is 0 Å². The second-order valence-electron chi connectivity index (χ2n) is 5.97. The molecule has 1 heterocycles. The van der Waals surface area contributed by atoms with Crippen molar-refractivity contribution in [3.8, 4) is 0 Å². The van der Waals surface area contributed by atoms with Crippen molar-refractivity contribution in [2.45, 2.75) is 39.6 Å². The van der Waals surface area contributed by atoms with Gasteiger partial charge in [0.2, 0.25) is 0 Å². The Labute approximate surface area is 118 Å². The van der Waals surface area contributed by atoms with Crippen LogP contribution in [0.25, 0.3) is 0 Å². The maximum absolute atomic E-state index is 13.3. The molecule has 1 aliphatic rings. The molecule has 0 atom stereocenters. The van der Waals surface area contributed by atoms with Crippen molar-refractivity contribution in [2.24, 2.45) is 5.41 Å². The SMILES string of the molecule is CC1(C)CB(c2ccc(F)c(Cl)c2Cl)OC1(C)C. The second-order valence-corrected chi connectivity index (χ2v) is 6.73. The van der Waals surface area contributed by atoms with Gasteiger partial charge in [0.15, 0.2) is 0 Å². The molecular formula is C13H16BCl2FO. The zero-order chi connectivity index (χ0) is 13.7. The molecule has 1 saturated heterocycles. The van der Waals surface area contributed by atoms with E-state index >= 15 is 0 Å². The summed E-state index contributed by atoms with van der Waals surface area (Å²) >= 11 is 12.0. The maximum Gasteiger partial charge on any atom is 0.329 e. The van der Waals surface area contributed by atoms with Crippen LogP contribution in [0.2, 0.25) is 16.4 Å². The van der Waals surface area contributed by atoms with E-state index in [1.165, 1.54) is 6.07 Å². The highest BCUT2D eigenvalue weighted by Gasteiger charge is 2.50. The topological polar surface area (TPSA) is 9.23 Å². The van der Waals surface area contributed by atoms with Gasteiger partial charge in [0, 0.05) is 0 Å². The summed E-state index contributed by atoms with van der Waals surface area (Å²) in [4.78, 5) is 0. The molecule has 1 nitrogen and oxygen atoms in total. The van der Waals surface area contributed by atoms with Crippen molar-refractivity contribution in [1.82, 2.24) is 0 Å². The fourth-order valence-electron chi connectivity index (χ4n) is 2.23. The molecule has 1 fully saturated rings. The molecule has 0 aliphatic carbocycles. The standard InChI is InChI=1S/C13H16BCl2FO/c1-12(2)7-14(18-13(12,3)4)8-5-6-9(17)11(16)10(8)15/h5-6H,7H2,1-4H3. The summed E-state index contributed by atoms with van der Waals surface area (Å²) in [6.45, 7) is 8.30. The molecule has 0 unspecified atom stereocenters. The molecule has 0 amide bonds. The number of hydrogen-bond donors (Lipinski definition) is 0. The number of benzene rings is 1. The van der Waals surface area contributed by atoms with Crippen molar-refractivity contribution in [2.75, 3.05) is 0 Å². The largest absolute Gasteiger partial charge is 0.425 e. The lowest BCUT2D eigenvalue weighted by Crippen LogP contribution is -2.36. The second kappa shape index (κ2) is 4.40. The molecule has 2 rings (SSSR count). The van der Waals surface area contributed by atoms with Crippen LogP contribution in [0, 0.1) is 11.2 Å². The highest BCUT2D eigenvalue weighted by atomic mass is 35.5. The van der Waals surface area contributed by atoms with E-state index in [-0.39, 0.29) is 28.0 Å². The van der Waals surface area contributed by atoms with E-state index in [1.807, 2.05) is 0 Å². The van der Waals surface area contributed by atoms with Gasteiger partial charge < -0.3 is 4.65 Å². The Morgan fingerprint density at radius 1 is 1.17 bits per heavy atom. The molecule has 1 aromatic rings. The quantitative estimate of drug-likeness (QED) is 0.557. The number of halogens is 3. The summed E-state index contributed by atoms with van der Waals surface area (Å²) in [5, 5.41) is 0.232. The lowest BCUT2D eigenvalue weighted by Gasteiger charge is -2.34. The maximum atomic E-state index is 13.3. The first-order valence-corrected chi connectivity index (χ1v) is 6.72.